The minimum Gasteiger partial charge on any atom is -0.376 e. The molecular weight excluding hydrogens is 182 g/mol. The molecule has 1 N–H and O–H groups in total. The zero-order chi connectivity index (χ0) is 8.93. The Morgan fingerprint density at radius 3 is 3.08 bits per heavy atom. The van der Waals surface area contributed by atoms with E-state index in [0.717, 1.165) is 32.5 Å². The molecule has 72 valence electrons. The van der Waals surface area contributed by atoms with Gasteiger partial charge < -0.3 is 10.1 Å². The summed E-state index contributed by atoms with van der Waals surface area (Å²) in [4.78, 5) is 1.47. The molecule has 0 amide bonds. The van der Waals surface area contributed by atoms with E-state index in [0.29, 0.717) is 6.10 Å². The molecule has 1 saturated heterocycles. The second-order valence-electron chi connectivity index (χ2n) is 3.33. The average Bonchev–Trinajstić information content (AvgIpc) is 2.53. The van der Waals surface area contributed by atoms with Crippen molar-refractivity contribution in [3.05, 3.63) is 22.4 Å². The first-order valence-corrected chi connectivity index (χ1v) is 5.68. The number of aryl methyl sites for hydroxylation is 1. The van der Waals surface area contributed by atoms with Crippen LogP contribution in [0.2, 0.25) is 0 Å². The second-order valence-corrected chi connectivity index (χ2v) is 4.37. The van der Waals surface area contributed by atoms with E-state index in [1.165, 1.54) is 4.88 Å². The maximum absolute atomic E-state index is 5.62. The van der Waals surface area contributed by atoms with Crippen LogP contribution in [0, 0.1) is 0 Å². The summed E-state index contributed by atoms with van der Waals surface area (Å²) in [6.07, 6.45) is 2.80. The number of rotatable bonds is 5. The fraction of sp³-hybridized carbons (Fsp3) is 0.600. The van der Waals surface area contributed by atoms with Gasteiger partial charge in [0.1, 0.15) is 0 Å². The van der Waals surface area contributed by atoms with Crippen LogP contribution in [0.1, 0.15) is 11.3 Å². The van der Waals surface area contributed by atoms with Crippen LogP contribution in [0.25, 0.3) is 0 Å². The van der Waals surface area contributed by atoms with Gasteiger partial charge in [-0.15, -0.1) is 11.3 Å². The van der Waals surface area contributed by atoms with E-state index >= 15 is 0 Å². The molecular formula is C10H15NOS. The minimum atomic E-state index is 0.489. The van der Waals surface area contributed by atoms with Gasteiger partial charge in [-0.25, -0.2) is 0 Å². The molecule has 0 spiro atoms. The zero-order valence-electron chi connectivity index (χ0n) is 7.66. The number of thiophene rings is 1. The molecule has 0 aliphatic carbocycles. The van der Waals surface area contributed by atoms with Crippen LogP contribution < -0.4 is 5.32 Å². The molecule has 0 radical (unpaired) electrons. The van der Waals surface area contributed by atoms with Crippen molar-refractivity contribution in [2.45, 2.75) is 18.9 Å². The predicted molar refractivity (Wildman–Crippen MR) is 55.2 cm³/mol. The van der Waals surface area contributed by atoms with E-state index in [-0.39, 0.29) is 0 Å². The summed E-state index contributed by atoms with van der Waals surface area (Å²) in [5.74, 6) is 0. The summed E-state index contributed by atoms with van der Waals surface area (Å²) < 4.78 is 5.62. The van der Waals surface area contributed by atoms with E-state index in [4.69, 9.17) is 4.74 Å². The van der Waals surface area contributed by atoms with Crippen molar-refractivity contribution in [1.29, 1.82) is 0 Å². The normalized spacial score (nSPS) is 17.2. The van der Waals surface area contributed by atoms with Gasteiger partial charge in [0.05, 0.1) is 6.10 Å². The molecule has 3 heteroatoms. The Balaban J connectivity index is 1.53. The molecule has 1 fully saturated rings. The number of hydrogen-bond acceptors (Lipinski definition) is 3. The van der Waals surface area contributed by atoms with E-state index in [1.807, 2.05) is 11.3 Å². The number of nitrogens with one attached hydrogen (secondary N) is 1. The van der Waals surface area contributed by atoms with Crippen LogP contribution in [-0.4, -0.2) is 25.8 Å². The van der Waals surface area contributed by atoms with E-state index in [2.05, 4.69) is 22.8 Å². The van der Waals surface area contributed by atoms with Crippen molar-refractivity contribution in [2.75, 3.05) is 19.7 Å². The third kappa shape index (κ3) is 2.79. The van der Waals surface area contributed by atoms with E-state index in [1.54, 1.807) is 0 Å². The molecule has 1 aromatic heterocycles. The molecule has 2 nitrogen and oxygen atoms in total. The molecule has 0 aromatic carbocycles. The third-order valence-electron chi connectivity index (χ3n) is 2.25. The maximum atomic E-state index is 5.62. The highest BCUT2D eigenvalue weighted by Crippen LogP contribution is 2.11. The summed E-state index contributed by atoms with van der Waals surface area (Å²) in [7, 11) is 0. The van der Waals surface area contributed by atoms with Crippen molar-refractivity contribution < 1.29 is 4.74 Å². The molecule has 0 saturated carbocycles. The van der Waals surface area contributed by atoms with Gasteiger partial charge in [0.25, 0.3) is 0 Å². The summed E-state index contributed by atoms with van der Waals surface area (Å²) in [5.41, 5.74) is 0. The topological polar surface area (TPSA) is 21.3 Å². The smallest absolute Gasteiger partial charge is 0.0823 e. The third-order valence-corrected chi connectivity index (χ3v) is 3.18. The lowest BCUT2D eigenvalue weighted by molar-refractivity contribution is 0.0179. The van der Waals surface area contributed by atoms with Gasteiger partial charge in [-0.2, -0.15) is 0 Å². The monoisotopic (exact) mass is 197 g/mol. The Kier molecular flexibility index (Phi) is 3.35. The van der Waals surface area contributed by atoms with E-state index < -0.39 is 0 Å². The standard InChI is InChI=1S/C10H15NOS/c1(3-10-4-2-6-13-10)5-12-9-7-11-8-9/h2,4,6,9,11H,1,3,5,7-8H2. The van der Waals surface area contributed by atoms with Gasteiger partial charge in [0.2, 0.25) is 0 Å². The first-order chi connectivity index (χ1) is 6.45. The van der Waals surface area contributed by atoms with Crippen molar-refractivity contribution in [1.82, 2.24) is 5.32 Å². The Morgan fingerprint density at radius 2 is 2.46 bits per heavy atom. The highest BCUT2D eigenvalue weighted by Gasteiger charge is 2.15. The number of ether oxygens (including phenoxy) is 1. The van der Waals surface area contributed by atoms with Gasteiger partial charge in [0.15, 0.2) is 0 Å². The van der Waals surface area contributed by atoms with Crippen LogP contribution in [0.4, 0.5) is 0 Å². The van der Waals surface area contributed by atoms with Crippen LogP contribution in [0.5, 0.6) is 0 Å². The van der Waals surface area contributed by atoms with E-state index in [9.17, 15) is 0 Å². The molecule has 2 heterocycles. The summed E-state index contributed by atoms with van der Waals surface area (Å²) >= 11 is 1.83. The van der Waals surface area contributed by atoms with Gasteiger partial charge in [-0.05, 0) is 24.3 Å². The first kappa shape index (κ1) is 9.19. The zero-order valence-corrected chi connectivity index (χ0v) is 8.48. The van der Waals surface area contributed by atoms with Crippen molar-refractivity contribution in [3.63, 3.8) is 0 Å². The molecule has 0 bridgehead atoms. The van der Waals surface area contributed by atoms with Gasteiger partial charge in [0, 0.05) is 24.6 Å². The fourth-order valence-corrected chi connectivity index (χ4v) is 2.08. The molecule has 1 aliphatic rings. The quantitative estimate of drug-likeness (QED) is 0.725. The largest absolute Gasteiger partial charge is 0.376 e. The number of hydrogen-bond donors (Lipinski definition) is 1. The van der Waals surface area contributed by atoms with Crippen LogP contribution in [-0.2, 0) is 11.2 Å². The predicted octanol–water partition coefficient (Wildman–Crippen LogP) is 1.67. The summed E-state index contributed by atoms with van der Waals surface area (Å²) in [6.45, 7) is 2.99. The Bertz CT molecular complexity index is 231. The van der Waals surface area contributed by atoms with Crippen molar-refractivity contribution >= 4 is 11.3 Å². The Labute approximate surface area is 82.9 Å². The van der Waals surface area contributed by atoms with Gasteiger partial charge in [-0.1, -0.05) is 6.07 Å². The molecule has 1 aliphatic heterocycles. The molecule has 0 unspecified atom stereocenters. The summed E-state index contributed by atoms with van der Waals surface area (Å²) in [6, 6.07) is 4.30. The molecule has 1 aromatic rings. The van der Waals surface area contributed by atoms with Crippen molar-refractivity contribution in [3.8, 4) is 0 Å². The Hall–Kier alpha value is -0.380. The molecule has 0 atom stereocenters. The molecule has 2 rings (SSSR count). The maximum Gasteiger partial charge on any atom is 0.0823 e. The lowest BCUT2D eigenvalue weighted by atomic mass is 10.2. The van der Waals surface area contributed by atoms with Gasteiger partial charge >= 0.3 is 0 Å². The van der Waals surface area contributed by atoms with Crippen LogP contribution >= 0.6 is 11.3 Å². The van der Waals surface area contributed by atoms with Crippen molar-refractivity contribution in [2.24, 2.45) is 0 Å². The van der Waals surface area contributed by atoms with Gasteiger partial charge in [-0.3, -0.25) is 0 Å². The highest BCUT2D eigenvalue weighted by molar-refractivity contribution is 7.09. The molecule has 13 heavy (non-hydrogen) atoms. The Morgan fingerprint density at radius 1 is 1.54 bits per heavy atom. The van der Waals surface area contributed by atoms with Crippen LogP contribution in [0.15, 0.2) is 17.5 Å². The second kappa shape index (κ2) is 4.74. The average molecular weight is 197 g/mol. The SMILES string of the molecule is c1csc(CCCOC2CNC2)c1. The lowest BCUT2D eigenvalue weighted by Crippen LogP contribution is -2.48. The van der Waals surface area contributed by atoms with Crippen LogP contribution in [0.3, 0.4) is 0 Å². The minimum absolute atomic E-state index is 0.489. The lowest BCUT2D eigenvalue weighted by Gasteiger charge is -2.26. The summed E-state index contributed by atoms with van der Waals surface area (Å²) in [5, 5.41) is 5.32. The highest BCUT2D eigenvalue weighted by atomic mass is 32.1. The first-order valence-electron chi connectivity index (χ1n) is 4.80. The fourth-order valence-electron chi connectivity index (χ4n) is 1.33.